The van der Waals surface area contributed by atoms with Crippen molar-refractivity contribution in [1.82, 2.24) is 9.80 Å². The fourth-order valence-corrected chi connectivity index (χ4v) is 6.46. The van der Waals surface area contributed by atoms with Gasteiger partial charge in [-0.2, -0.15) is 11.8 Å². The van der Waals surface area contributed by atoms with Gasteiger partial charge in [0.25, 0.3) is 0 Å². The summed E-state index contributed by atoms with van der Waals surface area (Å²) in [5.74, 6) is 2.68. The number of amides is 1. The third-order valence-corrected chi connectivity index (χ3v) is 8.74. The van der Waals surface area contributed by atoms with E-state index in [1.54, 1.807) is 23.5 Å². The number of methoxy groups -OCH3 is 1. The SMILES string of the molecule is COC(=O)C(CCSC)N(C)Cc1cc(OCCC2CSC(C)(C)N2C(=O)OC(C)(C)C)ccc1C(C)C. The molecular weight excluding hydrogens is 520 g/mol. The van der Waals surface area contributed by atoms with Crippen molar-refractivity contribution in [2.75, 3.05) is 38.5 Å². The normalized spacial score (nSPS) is 18.1. The first kappa shape index (κ1) is 32.6. The van der Waals surface area contributed by atoms with E-state index in [-0.39, 0.29) is 29.0 Å². The lowest BCUT2D eigenvalue weighted by molar-refractivity contribution is -0.146. The standard InChI is InChI=1S/C29H48N2O5S2/c1-20(2)24-12-11-23(17-21(24)18-30(8)25(14-16-37-10)26(32)34-9)35-15-13-22-19-38-29(6,7)31(22)27(33)36-28(3,4)5/h11-12,17,20,22,25H,13-16,18-19H2,1-10H3. The van der Waals surface area contributed by atoms with E-state index in [1.165, 1.54) is 12.7 Å². The highest BCUT2D eigenvalue weighted by Gasteiger charge is 2.45. The second-order valence-electron chi connectivity index (χ2n) is 11.6. The van der Waals surface area contributed by atoms with E-state index >= 15 is 0 Å². The van der Waals surface area contributed by atoms with Gasteiger partial charge >= 0.3 is 12.1 Å². The highest BCUT2D eigenvalue weighted by Crippen LogP contribution is 2.41. The van der Waals surface area contributed by atoms with Gasteiger partial charge in [0.15, 0.2) is 0 Å². The summed E-state index contributed by atoms with van der Waals surface area (Å²) in [6, 6.07) is 5.98. The summed E-state index contributed by atoms with van der Waals surface area (Å²) in [5, 5.41) is 0. The highest BCUT2D eigenvalue weighted by atomic mass is 32.2. The molecule has 0 bridgehead atoms. The quantitative estimate of drug-likeness (QED) is 0.269. The van der Waals surface area contributed by atoms with Crippen molar-refractivity contribution < 1.29 is 23.8 Å². The lowest BCUT2D eigenvalue weighted by Gasteiger charge is -2.36. The van der Waals surface area contributed by atoms with Crippen molar-refractivity contribution in [2.24, 2.45) is 0 Å². The van der Waals surface area contributed by atoms with E-state index in [9.17, 15) is 9.59 Å². The largest absolute Gasteiger partial charge is 0.494 e. The number of nitrogens with zero attached hydrogens (tertiary/aromatic N) is 2. The van der Waals surface area contributed by atoms with Crippen LogP contribution < -0.4 is 4.74 Å². The van der Waals surface area contributed by atoms with Crippen LogP contribution in [0.2, 0.25) is 0 Å². The lowest BCUT2D eigenvalue weighted by atomic mass is 9.96. The molecule has 2 atom stereocenters. The molecule has 1 heterocycles. The summed E-state index contributed by atoms with van der Waals surface area (Å²) in [7, 11) is 3.43. The predicted octanol–water partition coefficient (Wildman–Crippen LogP) is 6.39. The van der Waals surface area contributed by atoms with Crippen molar-refractivity contribution in [3.63, 3.8) is 0 Å². The van der Waals surface area contributed by atoms with Crippen molar-refractivity contribution in [3.8, 4) is 5.75 Å². The Balaban J connectivity index is 2.12. The second kappa shape index (κ2) is 14.2. The zero-order chi connectivity index (χ0) is 28.7. The first-order valence-corrected chi connectivity index (χ1v) is 15.8. The van der Waals surface area contributed by atoms with Gasteiger partial charge in [-0.05, 0) is 89.3 Å². The topological polar surface area (TPSA) is 68.3 Å². The molecule has 1 aliphatic heterocycles. The molecule has 0 radical (unpaired) electrons. The van der Waals surface area contributed by atoms with Crippen LogP contribution in [0.15, 0.2) is 18.2 Å². The minimum atomic E-state index is -0.536. The molecule has 0 aliphatic carbocycles. The zero-order valence-corrected chi connectivity index (χ0v) is 26.6. The van der Waals surface area contributed by atoms with Crippen molar-refractivity contribution in [2.45, 2.75) is 96.3 Å². The molecule has 1 amide bonds. The van der Waals surface area contributed by atoms with Gasteiger partial charge in [-0.1, -0.05) is 19.9 Å². The zero-order valence-electron chi connectivity index (χ0n) is 25.0. The van der Waals surface area contributed by atoms with E-state index in [0.717, 1.165) is 35.7 Å². The number of hydrogen-bond donors (Lipinski definition) is 0. The highest BCUT2D eigenvalue weighted by molar-refractivity contribution is 8.00. The molecule has 0 aromatic heterocycles. The Labute approximate surface area is 238 Å². The third-order valence-electron chi connectivity index (χ3n) is 6.64. The molecule has 0 spiro atoms. The second-order valence-corrected chi connectivity index (χ2v) is 14.3. The van der Waals surface area contributed by atoms with Crippen molar-refractivity contribution >= 4 is 35.6 Å². The van der Waals surface area contributed by atoms with E-state index in [0.29, 0.717) is 19.1 Å². The maximum Gasteiger partial charge on any atom is 0.411 e. The molecule has 9 heteroatoms. The average Bonchev–Trinajstić information content (AvgIpc) is 3.11. The molecule has 1 fully saturated rings. The minimum Gasteiger partial charge on any atom is -0.494 e. The van der Waals surface area contributed by atoms with Crippen LogP contribution in [-0.4, -0.2) is 82.9 Å². The molecule has 1 aromatic rings. The Morgan fingerprint density at radius 3 is 2.53 bits per heavy atom. The maximum absolute atomic E-state index is 13.0. The molecule has 1 saturated heterocycles. The number of thioether (sulfide) groups is 2. The number of hydrogen-bond acceptors (Lipinski definition) is 8. The molecular formula is C29H48N2O5S2. The molecule has 216 valence electrons. The summed E-state index contributed by atoms with van der Waals surface area (Å²) in [6.07, 6.45) is 3.23. The fourth-order valence-electron chi connectivity index (χ4n) is 4.72. The van der Waals surface area contributed by atoms with E-state index in [1.807, 2.05) is 45.0 Å². The number of esters is 1. The third kappa shape index (κ3) is 9.26. The Hall–Kier alpha value is -1.58. The molecule has 38 heavy (non-hydrogen) atoms. The fraction of sp³-hybridized carbons (Fsp3) is 0.724. The molecule has 2 rings (SSSR count). The van der Waals surface area contributed by atoms with Gasteiger partial charge in [0.05, 0.1) is 18.6 Å². The van der Waals surface area contributed by atoms with Crippen LogP contribution in [-0.2, 0) is 20.8 Å². The monoisotopic (exact) mass is 568 g/mol. The molecule has 2 unspecified atom stereocenters. The summed E-state index contributed by atoms with van der Waals surface area (Å²) in [6.45, 7) is 15.3. The number of ether oxygens (including phenoxy) is 3. The first-order valence-electron chi connectivity index (χ1n) is 13.4. The molecule has 1 aromatic carbocycles. The van der Waals surface area contributed by atoms with Gasteiger partial charge < -0.3 is 14.2 Å². The van der Waals surface area contributed by atoms with Crippen LogP contribution in [0.25, 0.3) is 0 Å². The summed E-state index contributed by atoms with van der Waals surface area (Å²) < 4.78 is 17.0. The number of carbonyl (C=O) groups is 2. The molecule has 1 aliphatic rings. The number of benzene rings is 1. The van der Waals surface area contributed by atoms with Gasteiger partial charge in [0, 0.05) is 24.8 Å². The average molecular weight is 569 g/mol. The summed E-state index contributed by atoms with van der Waals surface area (Å²) in [4.78, 5) is 29.1. The number of rotatable bonds is 12. The molecule has 0 saturated carbocycles. The molecule has 0 N–H and O–H groups in total. The number of likely N-dealkylation sites (N-methyl/N-ethyl adjacent to an activating group) is 1. The minimum absolute atomic E-state index is 0.0441. The van der Waals surface area contributed by atoms with Crippen molar-refractivity contribution in [3.05, 3.63) is 29.3 Å². The van der Waals surface area contributed by atoms with Gasteiger partial charge in [-0.3, -0.25) is 14.6 Å². The van der Waals surface area contributed by atoms with Crippen LogP contribution in [0.1, 0.15) is 78.4 Å². The maximum atomic E-state index is 13.0. The first-order chi connectivity index (χ1) is 17.7. The van der Waals surface area contributed by atoms with Crippen molar-refractivity contribution in [1.29, 1.82) is 0 Å². The van der Waals surface area contributed by atoms with E-state index in [2.05, 4.69) is 44.7 Å². The van der Waals surface area contributed by atoms with Gasteiger partial charge in [-0.25, -0.2) is 4.79 Å². The summed E-state index contributed by atoms with van der Waals surface area (Å²) in [5.41, 5.74) is 1.85. The Bertz CT molecular complexity index is 932. The van der Waals surface area contributed by atoms with Gasteiger partial charge in [0.2, 0.25) is 0 Å². The number of carbonyl (C=O) groups excluding carboxylic acids is 2. The Morgan fingerprint density at radius 2 is 1.95 bits per heavy atom. The van der Waals surface area contributed by atoms with Crippen LogP contribution in [0, 0.1) is 0 Å². The molecule has 7 nitrogen and oxygen atoms in total. The van der Waals surface area contributed by atoms with Crippen LogP contribution in [0.3, 0.4) is 0 Å². The summed E-state index contributed by atoms with van der Waals surface area (Å²) >= 11 is 3.50. The van der Waals surface area contributed by atoms with Crippen LogP contribution >= 0.6 is 23.5 Å². The lowest BCUT2D eigenvalue weighted by Crippen LogP contribution is -2.49. The smallest absolute Gasteiger partial charge is 0.411 e. The van der Waals surface area contributed by atoms with Crippen LogP contribution in [0.4, 0.5) is 4.79 Å². The Kier molecular flexibility index (Phi) is 12.2. The van der Waals surface area contributed by atoms with Crippen LogP contribution in [0.5, 0.6) is 5.75 Å². The van der Waals surface area contributed by atoms with E-state index < -0.39 is 5.60 Å². The van der Waals surface area contributed by atoms with Gasteiger partial charge in [-0.15, -0.1) is 11.8 Å². The Morgan fingerprint density at radius 1 is 1.26 bits per heavy atom. The predicted molar refractivity (Wildman–Crippen MR) is 159 cm³/mol. The van der Waals surface area contributed by atoms with E-state index in [4.69, 9.17) is 14.2 Å². The van der Waals surface area contributed by atoms with Gasteiger partial charge in [0.1, 0.15) is 17.4 Å².